The molecule has 0 saturated heterocycles. The summed E-state index contributed by atoms with van der Waals surface area (Å²) < 4.78 is 28.5. The van der Waals surface area contributed by atoms with Crippen molar-refractivity contribution in [2.75, 3.05) is 18.5 Å². The fraction of sp³-hybridized carbons (Fsp3) is 0.143. The molecule has 0 aliphatic rings. The Morgan fingerprint density at radius 1 is 0.900 bits per heavy atom. The molecule has 0 amide bonds. The first kappa shape index (κ1) is 16.5. The Bertz CT molecular complexity index is 603. The average molecular weight is 314 g/mol. The molecule has 0 heterocycles. The minimum atomic E-state index is -3.65. The molecule has 1 N–H and O–H groups in total. The molecule has 0 radical (unpaired) electrons. The van der Waals surface area contributed by atoms with Crippen LogP contribution in [0.15, 0.2) is 65.6 Å². The Labute approximate surface area is 125 Å². The van der Waals surface area contributed by atoms with Crippen LogP contribution in [0, 0.1) is 0 Å². The lowest BCUT2D eigenvalue weighted by Gasteiger charge is -2.07. The smallest absolute Gasteiger partial charge is 0.297 e. The van der Waals surface area contributed by atoms with Crippen molar-refractivity contribution in [2.45, 2.75) is 4.90 Å². The van der Waals surface area contributed by atoms with E-state index in [1.54, 1.807) is 18.2 Å². The number of benzene rings is 2. The van der Waals surface area contributed by atoms with E-state index in [4.69, 9.17) is 4.18 Å². The molecule has 0 saturated carbocycles. The first-order valence-electron chi connectivity index (χ1n) is 5.92. The molecule has 0 aliphatic heterocycles. The van der Waals surface area contributed by atoms with E-state index in [2.05, 4.69) is 5.32 Å². The molecule has 4 nitrogen and oxygen atoms in total. The van der Waals surface area contributed by atoms with Crippen LogP contribution < -0.4 is 5.32 Å². The number of rotatable bonds is 6. The predicted octanol–water partition coefficient (Wildman–Crippen LogP) is 2.93. The molecule has 0 unspecified atom stereocenters. The van der Waals surface area contributed by atoms with Crippen LogP contribution in [0.2, 0.25) is 0 Å². The minimum absolute atomic E-state index is 0. The topological polar surface area (TPSA) is 55.4 Å². The fourth-order valence-electron chi connectivity index (χ4n) is 1.56. The van der Waals surface area contributed by atoms with E-state index >= 15 is 0 Å². The second-order valence-corrected chi connectivity index (χ2v) is 5.50. The quantitative estimate of drug-likeness (QED) is 0.658. The van der Waals surface area contributed by atoms with Crippen molar-refractivity contribution < 1.29 is 12.6 Å². The number of hydrogen-bond donors (Lipinski definition) is 1. The van der Waals surface area contributed by atoms with Crippen LogP contribution >= 0.6 is 12.4 Å². The minimum Gasteiger partial charge on any atom is -0.383 e. The van der Waals surface area contributed by atoms with E-state index < -0.39 is 10.1 Å². The van der Waals surface area contributed by atoms with E-state index in [0.717, 1.165) is 5.69 Å². The number of nitrogens with one attached hydrogen (secondary N) is 1. The molecule has 2 rings (SSSR count). The second-order valence-electron chi connectivity index (χ2n) is 3.88. The average Bonchev–Trinajstić information content (AvgIpc) is 2.46. The van der Waals surface area contributed by atoms with Crippen molar-refractivity contribution >= 4 is 28.2 Å². The highest BCUT2D eigenvalue weighted by molar-refractivity contribution is 7.86. The maximum absolute atomic E-state index is 11.8. The van der Waals surface area contributed by atoms with Gasteiger partial charge >= 0.3 is 0 Å². The summed E-state index contributed by atoms with van der Waals surface area (Å²) in [7, 11) is -3.65. The molecule has 0 aliphatic carbocycles. The van der Waals surface area contributed by atoms with Gasteiger partial charge in [-0.15, -0.1) is 12.4 Å². The van der Waals surface area contributed by atoms with Crippen LogP contribution in [0.25, 0.3) is 0 Å². The van der Waals surface area contributed by atoms with Gasteiger partial charge < -0.3 is 5.32 Å². The monoisotopic (exact) mass is 313 g/mol. The lowest BCUT2D eigenvalue weighted by atomic mass is 10.3. The highest BCUT2D eigenvalue weighted by Gasteiger charge is 2.13. The highest BCUT2D eigenvalue weighted by Crippen LogP contribution is 2.11. The largest absolute Gasteiger partial charge is 0.383 e. The molecule has 0 atom stereocenters. The van der Waals surface area contributed by atoms with Crippen LogP contribution in [0.3, 0.4) is 0 Å². The van der Waals surface area contributed by atoms with Crippen LogP contribution in [0.4, 0.5) is 5.69 Å². The molecular formula is C14H16ClNO3S. The van der Waals surface area contributed by atoms with E-state index in [-0.39, 0.29) is 23.9 Å². The Morgan fingerprint density at radius 3 is 2.05 bits per heavy atom. The lowest BCUT2D eigenvalue weighted by Crippen LogP contribution is -2.14. The molecule has 2 aromatic rings. The summed E-state index contributed by atoms with van der Waals surface area (Å²) in [5.74, 6) is 0. The molecule has 0 fully saturated rings. The highest BCUT2D eigenvalue weighted by atomic mass is 35.5. The van der Waals surface area contributed by atoms with Crippen molar-refractivity contribution in [1.82, 2.24) is 0 Å². The van der Waals surface area contributed by atoms with Gasteiger partial charge in [0.2, 0.25) is 0 Å². The van der Waals surface area contributed by atoms with Gasteiger partial charge in [0.25, 0.3) is 10.1 Å². The number of halogens is 1. The van der Waals surface area contributed by atoms with Crippen molar-refractivity contribution in [3.05, 3.63) is 60.7 Å². The zero-order valence-electron chi connectivity index (χ0n) is 10.7. The Balaban J connectivity index is 0.00000200. The van der Waals surface area contributed by atoms with Gasteiger partial charge in [-0.05, 0) is 24.3 Å². The summed E-state index contributed by atoms with van der Waals surface area (Å²) in [6, 6.07) is 17.7. The van der Waals surface area contributed by atoms with E-state index in [1.807, 2.05) is 30.3 Å². The molecule has 0 spiro atoms. The van der Waals surface area contributed by atoms with Crippen LogP contribution in [-0.2, 0) is 14.3 Å². The fourth-order valence-corrected chi connectivity index (χ4v) is 2.49. The van der Waals surface area contributed by atoms with E-state index in [9.17, 15) is 8.42 Å². The number of anilines is 1. The standard InChI is InChI=1S/C14H15NO3S.ClH/c16-19(17,14-9-5-2-6-10-14)18-12-11-15-13-7-3-1-4-8-13;/h1-10,15H,11-12H2;1H. The van der Waals surface area contributed by atoms with Crippen LogP contribution in [-0.4, -0.2) is 21.6 Å². The Morgan fingerprint density at radius 2 is 1.45 bits per heavy atom. The summed E-state index contributed by atoms with van der Waals surface area (Å²) in [6.07, 6.45) is 0. The van der Waals surface area contributed by atoms with Crippen molar-refractivity contribution in [2.24, 2.45) is 0 Å². The third kappa shape index (κ3) is 4.85. The summed E-state index contributed by atoms with van der Waals surface area (Å²) in [5.41, 5.74) is 0.934. The van der Waals surface area contributed by atoms with Gasteiger partial charge in [0.05, 0.1) is 11.5 Å². The summed E-state index contributed by atoms with van der Waals surface area (Å²) in [5, 5.41) is 3.08. The summed E-state index contributed by atoms with van der Waals surface area (Å²) >= 11 is 0. The van der Waals surface area contributed by atoms with Gasteiger partial charge in [-0.25, -0.2) is 0 Å². The van der Waals surface area contributed by atoms with Crippen molar-refractivity contribution in [1.29, 1.82) is 0 Å². The van der Waals surface area contributed by atoms with Crippen molar-refractivity contribution in [3.8, 4) is 0 Å². The van der Waals surface area contributed by atoms with E-state index in [1.165, 1.54) is 12.1 Å². The number of hydrogen-bond acceptors (Lipinski definition) is 4. The second kappa shape index (κ2) is 7.89. The molecule has 0 bridgehead atoms. The van der Waals surface area contributed by atoms with Gasteiger partial charge in [-0.2, -0.15) is 8.42 Å². The summed E-state index contributed by atoms with van der Waals surface area (Å²) in [6.45, 7) is 0.516. The van der Waals surface area contributed by atoms with Gasteiger partial charge in [-0.1, -0.05) is 36.4 Å². The van der Waals surface area contributed by atoms with Crippen LogP contribution in [0.1, 0.15) is 0 Å². The molecule has 108 valence electrons. The summed E-state index contributed by atoms with van der Waals surface area (Å²) in [4.78, 5) is 0.176. The van der Waals surface area contributed by atoms with Crippen molar-refractivity contribution in [3.63, 3.8) is 0 Å². The zero-order valence-corrected chi connectivity index (χ0v) is 12.4. The third-order valence-corrected chi connectivity index (χ3v) is 3.80. The maximum Gasteiger partial charge on any atom is 0.297 e. The van der Waals surface area contributed by atoms with E-state index in [0.29, 0.717) is 6.54 Å². The molecule has 6 heteroatoms. The lowest BCUT2D eigenvalue weighted by molar-refractivity contribution is 0.331. The van der Waals surface area contributed by atoms with Gasteiger partial charge in [0.15, 0.2) is 0 Å². The number of para-hydroxylation sites is 1. The Hall–Kier alpha value is -1.56. The molecule has 0 aromatic heterocycles. The first-order valence-corrected chi connectivity index (χ1v) is 7.33. The maximum atomic E-state index is 11.8. The third-order valence-electron chi connectivity index (χ3n) is 2.48. The molecule has 20 heavy (non-hydrogen) atoms. The predicted molar refractivity (Wildman–Crippen MR) is 81.8 cm³/mol. The van der Waals surface area contributed by atoms with Crippen LogP contribution in [0.5, 0.6) is 0 Å². The normalized spacial score (nSPS) is 10.6. The van der Waals surface area contributed by atoms with Gasteiger partial charge in [0, 0.05) is 12.2 Å². The first-order chi connectivity index (χ1) is 9.18. The van der Waals surface area contributed by atoms with Gasteiger partial charge in [-0.3, -0.25) is 4.18 Å². The molecule has 2 aromatic carbocycles. The van der Waals surface area contributed by atoms with Gasteiger partial charge in [0.1, 0.15) is 0 Å². The zero-order chi connectivity index (χ0) is 13.6. The Kier molecular flexibility index (Phi) is 6.51. The molecular weight excluding hydrogens is 298 g/mol. The SMILES string of the molecule is Cl.O=S(=O)(OCCNc1ccccc1)c1ccccc1.